The van der Waals surface area contributed by atoms with Crippen molar-refractivity contribution in [1.29, 1.82) is 0 Å². The molecule has 2 saturated carbocycles. The molecule has 0 amide bonds. The fraction of sp³-hybridized carbons (Fsp3) is 1.00. The minimum atomic E-state index is -2.57. The third kappa shape index (κ3) is 1.91. The molecule has 0 spiro atoms. The summed E-state index contributed by atoms with van der Waals surface area (Å²) in [5.74, 6) is -2.57. The third-order valence-electron chi connectivity index (χ3n) is 3.41. The van der Waals surface area contributed by atoms with Gasteiger partial charge in [-0.25, -0.2) is 8.78 Å². The van der Waals surface area contributed by atoms with E-state index in [9.17, 15) is 13.9 Å². The first-order chi connectivity index (χ1) is 6.59. The molecule has 0 heterocycles. The van der Waals surface area contributed by atoms with Crippen LogP contribution >= 0.6 is 0 Å². The lowest BCUT2D eigenvalue weighted by Crippen LogP contribution is -2.48. The van der Waals surface area contributed by atoms with Gasteiger partial charge in [0.1, 0.15) is 0 Å². The molecule has 0 bridgehead atoms. The Hall–Kier alpha value is -0.220. The normalized spacial score (nSPS) is 41.8. The Bertz CT molecular complexity index is 210. The van der Waals surface area contributed by atoms with E-state index >= 15 is 0 Å². The Morgan fingerprint density at radius 2 is 1.93 bits per heavy atom. The van der Waals surface area contributed by atoms with Crippen molar-refractivity contribution in [3.05, 3.63) is 0 Å². The first-order valence-corrected chi connectivity index (χ1v) is 5.41. The predicted molar refractivity (Wildman–Crippen MR) is 49.4 cm³/mol. The van der Waals surface area contributed by atoms with Crippen LogP contribution in [0.1, 0.15) is 38.5 Å². The molecular weight excluding hydrogens is 188 g/mol. The minimum absolute atomic E-state index is 0.00647. The maximum atomic E-state index is 13.2. The van der Waals surface area contributed by atoms with Crippen LogP contribution < -0.4 is 5.32 Å². The number of hydrogen-bond acceptors (Lipinski definition) is 2. The first kappa shape index (κ1) is 10.3. The summed E-state index contributed by atoms with van der Waals surface area (Å²) in [5.41, 5.74) is 0. The zero-order valence-corrected chi connectivity index (χ0v) is 8.18. The highest BCUT2D eigenvalue weighted by Crippen LogP contribution is 2.36. The van der Waals surface area contributed by atoms with E-state index in [0.29, 0.717) is 12.8 Å². The van der Waals surface area contributed by atoms with Gasteiger partial charge >= 0.3 is 0 Å². The van der Waals surface area contributed by atoms with Gasteiger partial charge in [0, 0.05) is 12.5 Å². The Kier molecular flexibility index (Phi) is 2.75. The van der Waals surface area contributed by atoms with Crippen LogP contribution in [0.4, 0.5) is 8.78 Å². The molecule has 0 aromatic carbocycles. The van der Waals surface area contributed by atoms with E-state index in [0.717, 1.165) is 19.3 Å². The van der Waals surface area contributed by atoms with Gasteiger partial charge in [-0.05, 0) is 32.1 Å². The number of aliphatic hydroxyl groups excluding tert-OH is 1. The molecule has 0 aromatic heterocycles. The number of aliphatic hydroxyl groups is 1. The van der Waals surface area contributed by atoms with E-state index in [2.05, 4.69) is 5.32 Å². The van der Waals surface area contributed by atoms with Crippen molar-refractivity contribution in [2.24, 2.45) is 0 Å². The Morgan fingerprint density at radius 3 is 2.43 bits per heavy atom. The largest absolute Gasteiger partial charge is 0.392 e. The van der Waals surface area contributed by atoms with Gasteiger partial charge < -0.3 is 10.4 Å². The van der Waals surface area contributed by atoms with Crippen molar-refractivity contribution in [3.63, 3.8) is 0 Å². The van der Waals surface area contributed by atoms with Gasteiger partial charge in [0.25, 0.3) is 5.92 Å². The average Bonchev–Trinajstić information content (AvgIpc) is 2.62. The van der Waals surface area contributed by atoms with Crippen LogP contribution in [-0.2, 0) is 0 Å². The molecule has 2 rings (SSSR count). The summed E-state index contributed by atoms with van der Waals surface area (Å²) in [6.07, 6.45) is 3.21. The SMILES string of the molecule is O[C@@H]1CCC[C@H]1NC1CCCC1(F)F. The number of nitrogens with one attached hydrogen (secondary N) is 1. The summed E-state index contributed by atoms with van der Waals surface area (Å²) < 4.78 is 26.5. The molecule has 2 aliphatic carbocycles. The van der Waals surface area contributed by atoms with E-state index in [4.69, 9.17) is 0 Å². The van der Waals surface area contributed by atoms with Crippen LogP contribution in [0.3, 0.4) is 0 Å². The first-order valence-electron chi connectivity index (χ1n) is 5.41. The average molecular weight is 205 g/mol. The lowest BCUT2D eigenvalue weighted by molar-refractivity contribution is -0.0253. The second-order valence-electron chi connectivity index (χ2n) is 4.48. The molecule has 82 valence electrons. The smallest absolute Gasteiger partial charge is 0.263 e. The van der Waals surface area contributed by atoms with Crippen LogP contribution in [-0.4, -0.2) is 29.2 Å². The standard InChI is InChI=1S/C10H17F2NO/c11-10(12)6-2-5-9(10)13-7-3-1-4-8(7)14/h7-9,13-14H,1-6H2/t7-,8-,9?/m1/s1. The highest BCUT2D eigenvalue weighted by atomic mass is 19.3. The fourth-order valence-electron chi connectivity index (χ4n) is 2.53. The zero-order chi connectivity index (χ0) is 10.2. The molecule has 2 aliphatic rings. The van der Waals surface area contributed by atoms with Crippen molar-refractivity contribution < 1.29 is 13.9 Å². The van der Waals surface area contributed by atoms with E-state index in [1.165, 1.54) is 0 Å². The quantitative estimate of drug-likeness (QED) is 0.718. The van der Waals surface area contributed by atoms with Crippen LogP contribution in [0.5, 0.6) is 0 Å². The van der Waals surface area contributed by atoms with Crippen molar-refractivity contribution in [3.8, 4) is 0 Å². The second kappa shape index (κ2) is 3.74. The van der Waals surface area contributed by atoms with Crippen molar-refractivity contribution >= 4 is 0 Å². The van der Waals surface area contributed by atoms with Gasteiger partial charge in [-0.1, -0.05) is 0 Å². The molecule has 2 N–H and O–H groups in total. The molecule has 2 nitrogen and oxygen atoms in total. The van der Waals surface area contributed by atoms with Gasteiger partial charge in [-0.15, -0.1) is 0 Å². The lowest BCUT2D eigenvalue weighted by Gasteiger charge is -2.26. The highest BCUT2D eigenvalue weighted by Gasteiger charge is 2.45. The van der Waals surface area contributed by atoms with E-state index in [1.54, 1.807) is 0 Å². The number of hydrogen-bond donors (Lipinski definition) is 2. The topological polar surface area (TPSA) is 32.3 Å². The van der Waals surface area contributed by atoms with Crippen LogP contribution in [0.25, 0.3) is 0 Å². The molecule has 1 unspecified atom stereocenters. The van der Waals surface area contributed by atoms with E-state index < -0.39 is 18.1 Å². The number of alkyl halides is 2. The number of halogens is 2. The highest BCUT2D eigenvalue weighted by molar-refractivity contribution is 4.94. The van der Waals surface area contributed by atoms with Crippen LogP contribution in [0, 0.1) is 0 Å². The molecule has 0 saturated heterocycles. The predicted octanol–water partition coefficient (Wildman–Crippen LogP) is 1.68. The molecule has 0 aromatic rings. The van der Waals surface area contributed by atoms with E-state index in [1.807, 2.05) is 0 Å². The van der Waals surface area contributed by atoms with Crippen LogP contribution in [0.2, 0.25) is 0 Å². The summed E-state index contributed by atoms with van der Waals surface area (Å²) in [4.78, 5) is 0. The van der Waals surface area contributed by atoms with Crippen molar-refractivity contribution in [2.45, 2.75) is 62.6 Å². The van der Waals surface area contributed by atoms with Crippen LogP contribution in [0.15, 0.2) is 0 Å². The summed E-state index contributed by atoms with van der Waals surface area (Å²) >= 11 is 0. The molecule has 3 atom stereocenters. The Balaban J connectivity index is 1.90. The zero-order valence-electron chi connectivity index (χ0n) is 8.18. The molecule has 2 fully saturated rings. The van der Waals surface area contributed by atoms with Gasteiger partial charge in [-0.3, -0.25) is 0 Å². The summed E-state index contributed by atoms with van der Waals surface area (Å²) in [5, 5.41) is 12.4. The summed E-state index contributed by atoms with van der Waals surface area (Å²) in [6, 6.07) is -0.816. The fourth-order valence-corrected chi connectivity index (χ4v) is 2.53. The van der Waals surface area contributed by atoms with Gasteiger partial charge in [0.05, 0.1) is 12.1 Å². The van der Waals surface area contributed by atoms with Crippen molar-refractivity contribution in [2.75, 3.05) is 0 Å². The maximum absolute atomic E-state index is 13.2. The minimum Gasteiger partial charge on any atom is -0.392 e. The Morgan fingerprint density at radius 1 is 1.14 bits per heavy atom. The van der Waals surface area contributed by atoms with Gasteiger partial charge in [0.15, 0.2) is 0 Å². The molecular formula is C10H17F2NO. The number of rotatable bonds is 2. The maximum Gasteiger partial charge on any atom is 0.263 e. The second-order valence-corrected chi connectivity index (χ2v) is 4.48. The molecule has 4 heteroatoms. The third-order valence-corrected chi connectivity index (χ3v) is 3.41. The molecule has 14 heavy (non-hydrogen) atoms. The molecule has 0 aliphatic heterocycles. The van der Waals surface area contributed by atoms with E-state index in [-0.39, 0.29) is 12.5 Å². The van der Waals surface area contributed by atoms with Gasteiger partial charge in [-0.2, -0.15) is 0 Å². The van der Waals surface area contributed by atoms with Crippen molar-refractivity contribution in [1.82, 2.24) is 5.32 Å². The summed E-state index contributed by atoms with van der Waals surface area (Å²) in [6.45, 7) is 0. The Labute approximate surface area is 82.7 Å². The van der Waals surface area contributed by atoms with Gasteiger partial charge in [0.2, 0.25) is 0 Å². The monoisotopic (exact) mass is 205 g/mol. The summed E-state index contributed by atoms with van der Waals surface area (Å²) in [7, 11) is 0. The molecule has 0 radical (unpaired) electrons. The lowest BCUT2D eigenvalue weighted by atomic mass is 10.1.